The molecular weight excluding hydrogens is 138 g/mol. The number of aromatic amines is 1. The largest absolute Gasteiger partial charge is 0.356 e. The molecule has 0 spiro atoms. The van der Waals surface area contributed by atoms with Crippen molar-refractivity contribution < 1.29 is 0 Å². The van der Waals surface area contributed by atoms with Gasteiger partial charge in [-0.15, -0.1) is 0 Å². The number of H-pyrrole nitrogens is 1. The normalized spacial score (nSPS) is 10.5. The summed E-state index contributed by atoms with van der Waals surface area (Å²) in [5.41, 5.74) is 1.09. The van der Waals surface area contributed by atoms with Crippen molar-refractivity contribution in [1.29, 1.82) is 0 Å². The van der Waals surface area contributed by atoms with Crippen LogP contribution in [-0.4, -0.2) is 16.5 Å². The predicted octanol–water partition coefficient (Wildman–Crippen LogP) is 1.79. The summed E-state index contributed by atoms with van der Waals surface area (Å²) in [6.07, 6.45) is 1.82. The Kier molecular flexibility index (Phi) is 2.52. The minimum Gasteiger partial charge on any atom is -0.356 e. The first-order valence-corrected chi connectivity index (χ1v) is 3.94. The van der Waals surface area contributed by atoms with E-state index in [0.29, 0.717) is 5.92 Å². The van der Waals surface area contributed by atoms with E-state index < -0.39 is 0 Å². The van der Waals surface area contributed by atoms with E-state index in [1.807, 2.05) is 13.1 Å². The summed E-state index contributed by atoms with van der Waals surface area (Å²) in [5, 5.41) is 3.20. The lowest BCUT2D eigenvalue weighted by Crippen LogP contribution is -2.08. The first-order chi connectivity index (χ1) is 5.18. The average Bonchev–Trinajstić information content (AvgIpc) is 2.31. The molecule has 1 rings (SSSR count). The molecule has 3 heteroatoms. The zero-order chi connectivity index (χ0) is 8.27. The van der Waals surface area contributed by atoms with Crippen LogP contribution in [0.25, 0.3) is 0 Å². The van der Waals surface area contributed by atoms with Gasteiger partial charge in [-0.2, -0.15) is 0 Å². The molecule has 2 N–H and O–H groups in total. The lowest BCUT2D eigenvalue weighted by molar-refractivity contribution is 0.685. The molecule has 0 amide bonds. The van der Waals surface area contributed by atoms with Gasteiger partial charge in [0.05, 0.1) is 0 Å². The first-order valence-electron chi connectivity index (χ1n) is 3.94. The average molecular weight is 153 g/mol. The molecular formula is C8H15N3. The molecule has 1 aromatic rings. The number of aromatic nitrogens is 2. The monoisotopic (exact) mass is 153 g/mol. The Balaban J connectivity index is 2.39. The Morgan fingerprint density at radius 2 is 2.36 bits per heavy atom. The fourth-order valence-corrected chi connectivity index (χ4v) is 0.803. The second kappa shape index (κ2) is 3.42. The summed E-state index contributed by atoms with van der Waals surface area (Å²) in [7, 11) is 0. The van der Waals surface area contributed by atoms with Crippen LogP contribution in [0.1, 0.15) is 19.5 Å². The lowest BCUT2D eigenvalue weighted by Gasteiger charge is -2.04. The molecule has 0 saturated heterocycles. The van der Waals surface area contributed by atoms with E-state index >= 15 is 0 Å². The number of hydrogen-bond donors (Lipinski definition) is 2. The Labute approximate surface area is 67.2 Å². The number of nitrogens with zero attached hydrogens (tertiary/aromatic N) is 1. The van der Waals surface area contributed by atoms with Gasteiger partial charge in [0, 0.05) is 18.4 Å². The second-order valence-electron chi connectivity index (χ2n) is 3.19. The molecule has 0 aromatic carbocycles. The summed E-state index contributed by atoms with van der Waals surface area (Å²) in [6, 6.07) is 0. The quantitative estimate of drug-likeness (QED) is 0.695. The van der Waals surface area contributed by atoms with Crippen LogP contribution in [0, 0.1) is 12.8 Å². The lowest BCUT2D eigenvalue weighted by atomic mass is 10.2. The van der Waals surface area contributed by atoms with Crippen molar-refractivity contribution in [1.82, 2.24) is 9.97 Å². The molecule has 0 radical (unpaired) electrons. The molecule has 0 fully saturated rings. The van der Waals surface area contributed by atoms with E-state index in [1.54, 1.807) is 0 Å². The molecule has 0 atom stereocenters. The number of imidazole rings is 1. The van der Waals surface area contributed by atoms with Gasteiger partial charge < -0.3 is 10.3 Å². The van der Waals surface area contributed by atoms with E-state index in [1.165, 1.54) is 0 Å². The van der Waals surface area contributed by atoms with Crippen LogP contribution in [0.3, 0.4) is 0 Å². The molecule has 0 aliphatic heterocycles. The number of nitrogens with one attached hydrogen (secondary N) is 2. The minimum absolute atomic E-state index is 0.653. The number of aryl methyl sites for hydroxylation is 1. The molecule has 0 saturated carbocycles. The highest BCUT2D eigenvalue weighted by Crippen LogP contribution is 2.01. The topological polar surface area (TPSA) is 40.7 Å². The fourth-order valence-electron chi connectivity index (χ4n) is 0.803. The maximum Gasteiger partial charge on any atom is 0.200 e. The number of rotatable bonds is 3. The van der Waals surface area contributed by atoms with Crippen molar-refractivity contribution in [2.24, 2.45) is 5.92 Å². The van der Waals surface area contributed by atoms with E-state index in [-0.39, 0.29) is 0 Å². The van der Waals surface area contributed by atoms with Crippen LogP contribution in [0.15, 0.2) is 6.20 Å². The van der Waals surface area contributed by atoms with Crippen LogP contribution in [0.2, 0.25) is 0 Å². The van der Waals surface area contributed by atoms with Gasteiger partial charge in [0.25, 0.3) is 0 Å². The van der Waals surface area contributed by atoms with Crippen LogP contribution in [0.5, 0.6) is 0 Å². The van der Waals surface area contributed by atoms with E-state index in [4.69, 9.17) is 0 Å². The van der Waals surface area contributed by atoms with Crippen molar-refractivity contribution in [3.63, 3.8) is 0 Å². The Morgan fingerprint density at radius 1 is 1.64 bits per heavy atom. The Hall–Kier alpha value is -0.990. The van der Waals surface area contributed by atoms with Gasteiger partial charge in [-0.3, -0.25) is 0 Å². The van der Waals surface area contributed by atoms with E-state index in [0.717, 1.165) is 18.2 Å². The Bertz CT molecular complexity index is 215. The maximum atomic E-state index is 4.12. The zero-order valence-corrected chi connectivity index (χ0v) is 7.31. The van der Waals surface area contributed by atoms with Crippen molar-refractivity contribution in [2.75, 3.05) is 11.9 Å². The summed E-state index contributed by atoms with van der Waals surface area (Å²) in [5.74, 6) is 1.52. The molecule has 3 nitrogen and oxygen atoms in total. The standard InChI is InChI=1S/C8H15N3/c1-6(2)4-9-8-10-5-7(3)11-8/h5-6H,4H2,1-3H3,(H2,9,10,11). The third kappa shape index (κ3) is 2.62. The predicted molar refractivity (Wildman–Crippen MR) is 46.7 cm³/mol. The van der Waals surface area contributed by atoms with Crippen molar-refractivity contribution in [2.45, 2.75) is 20.8 Å². The fraction of sp³-hybridized carbons (Fsp3) is 0.625. The molecule has 0 aliphatic carbocycles. The van der Waals surface area contributed by atoms with Gasteiger partial charge in [0.2, 0.25) is 0 Å². The van der Waals surface area contributed by atoms with E-state index in [2.05, 4.69) is 29.1 Å². The van der Waals surface area contributed by atoms with Gasteiger partial charge in [0.1, 0.15) is 0 Å². The van der Waals surface area contributed by atoms with Crippen molar-refractivity contribution in [3.8, 4) is 0 Å². The van der Waals surface area contributed by atoms with Crippen LogP contribution >= 0.6 is 0 Å². The van der Waals surface area contributed by atoms with Crippen molar-refractivity contribution in [3.05, 3.63) is 11.9 Å². The molecule has 0 aliphatic rings. The third-order valence-electron chi connectivity index (χ3n) is 1.38. The summed E-state index contributed by atoms with van der Waals surface area (Å²) in [4.78, 5) is 7.23. The summed E-state index contributed by atoms with van der Waals surface area (Å²) < 4.78 is 0. The molecule has 1 aromatic heterocycles. The van der Waals surface area contributed by atoms with E-state index in [9.17, 15) is 0 Å². The molecule has 0 bridgehead atoms. The highest BCUT2D eigenvalue weighted by atomic mass is 15.1. The molecule has 62 valence electrons. The maximum absolute atomic E-state index is 4.12. The first kappa shape index (κ1) is 8.11. The third-order valence-corrected chi connectivity index (χ3v) is 1.38. The van der Waals surface area contributed by atoms with Crippen LogP contribution in [0.4, 0.5) is 5.95 Å². The summed E-state index contributed by atoms with van der Waals surface area (Å²) in [6.45, 7) is 7.30. The Morgan fingerprint density at radius 3 is 2.82 bits per heavy atom. The second-order valence-corrected chi connectivity index (χ2v) is 3.19. The SMILES string of the molecule is Cc1cnc(NCC(C)C)[nH]1. The van der Waals surface area contributed by atoms with Gasteiger partial charge in [-0.25, -0.2) is 4.98 Å². The summed E-state index contributed by atoms with van der Waals surface area (Å²) >= 11 is 0. The number of hydrogen-bond acceptors (Lipinski definition) is 2. The van der Waals surface area contributed by atoms with Crippen LogP contribution < -0.4 is 5.32 Å². The van der Waals surface area contributed by atoms with Gasteiger partial charge in [-0.05, 0) is 12.8 Å². The zero-order valence-electron chi connectivity index (χ0n) is 7.31. The van der Waals surface area contributed by atoms with Gasteiger partial charge >= 0.3 is 0 Å². The minimum atomic E-state index is 0.653. The molecule has 1 heterocycles. The molecule has 11 heavy (non-hydrogen) atoms. The van der Waals surface area contributed by atoms with Crippen molar-refractivity contribution >= 4 is 5.95 Å². The van der Waals surface area contributed by atoms with Crippen LogP contribution in [-0.2, 0) is 0 Å². The highest BCUT2D eigenvalue weighted by molar-refractivity contribution is 5.25. The smallest absolute Gasteiger partial charge is 0.200 e. The highest BCUT2D eigenvalue weighted by Gasteiger charge is 1.96. The van der Waals surface area contributed by atoms with Gasteiger partial charge in [0.15, 0.2) is 5.95 Å². The molecule has 0 unspecified atom stereocenters. The number of anilines is 1. The van der Waals surface area contributed by atoms with Gasteiger partial charge in [-0.1, -0.05) is 13.8 Å².